The number of likely N-dealkylation sites (tertiary alicyclic amines) is 1. The van der Waals surface area contributed by atoms with Gasteiger partial charge in [0.05, 0.1) is 12.0 Å². The summed E-state index contributed by atoms with van der Waals surface area (Å²) in [7, 11) is 3.98. The molecule has 2 aliphatic heterocycles. The predicted octanol–water partition coefficient (Wildman–Crippen LogP) is 2.76. The van der Waals surface area contributed by atoms with E-state index >= 15 is 0 Å². The van der Waals surface area contributed by atoms with E-state index in [0.29, 0.717) is 6.42 Å². The van der Waals surface area contributed by atoms with Gasteiger partial charge >= 0.3 is 0 Å². The van der Waals surface area contributed by atoms with Crippen LogP contribution in [-0.2, 0) is 6.54 Å². The molecule has 0 saturated carbocycles. The minimum atomic E-state index is -0.373. The molecule has 1 saturated heterocycles. The largest absolute Gasteiger partial charge is 0.485 e. The molecule has 25 heavy (non-hydrogen) atoms. The van der Waals surface area contributed by atoms with Crippen molar-refractivity contribution in [3.8, 4) is 5.75 Å². The molecule has 1 aromatic carbocycles. The lowest BCUT2D eigenvalue weighted by atomic mass is 9.89. The maximum atomic E-state index is 12.5. The van der Waals surface area contributed by atoms with Crippen molar-refractivity contribution in [3.63, 3.8) is 0 Å². The summed E-state index contributed by atoms with van der Waals surface area (Å²) in [6, 6.07) is 11.7. The highest BCUT2D eigenvalue weighted by Crippen LogP contribution is 2.38. The molecular weight excluding hydrogens is 314 g/mol. The SMILES string of the molecule is CN(C)c1ccc(CN2CCC3(CC(=O)c4ccccc4O3)C2)cn1. The Kier molecular flexibility index (Phi) is 3.96. The Balaban J connectivity index is 1.46. The highest BCUT2D eigenvalue weighted by molar-refractivity contribution is 6.00. The normalized spacial score (nSPS) is 22.7. The summed E-state index contributed by atoms with van der Waals surface area (Å²) >= 11 is 0. The molecular formula is C20H23N3O2. The number of nitrogens with zero attached hydrogens (tertiary/aromatic N) is 3. The van der Waals surface area contributed by atoms with E-state index in [-0.39, 0.29) is 11.4 Å². The Hall–Kier alpha value is -2.40. The van der Waals surface area contributed by atoms with Gasteiger partial charge in [0, 0.05) is 46.3 Å². The molecule has 130 valence electrons. The number of carbonyl (C=O) groups excluding carboxylic acids is 1. The molecule has 4 rings (SSSR count). The minimum Gasteiger partial charge on any atom is -0.485 e. The van der Waals surface area contributed by atoms with Gasteiger partial charge in [0.1, 0.15) is 17.2 Å². The third-order valence-corrected chi connectivity index (χ3v) is 5.07. The number of anilines is 1. The summed E-state index contributed by atoms with van der Waals surface area (Å²) < 4.78 is 6.28. The molecule has 1 unspecified atom stereocenters. The third kappa shape index (κ3) is 3.12. The van der Waals surface area contributed by atoms with Gasteiger partial charge in [0.15, 0.2) is 5.78 Å². The van der Waals surface area contributed by atoms with Crippen LogP contribution in [0.2, 0.25) is 0 Å². The van der Waals surface area contributed by atoms with Crippen LogP contribution in [0.25, 0.3) is 0 Å². The van der Waals surface area contributed by atoms with Crippen molar-refractivity contribution in [3.05, 3.63) is 53.7 Å². The van der Waals surface area contributed by atoms with Crippen molar-refractivity contribution in [1.29, 1.82) is 0 Å². The minimum absolute atomic E-state index is 0.195. The topological polar surface area (TPSA) is 45.7 Å². The lowest BCUT2D eigenvalue weighted by Gasteiger charge is -2.34. The molecule has 1 spiro atoms. The summed E-state index contributed by atoms with van der Waals surface area (Å²) in [5.41, 5.74) is 1.53. The van der Waals surface area contributed by atoms with Crippen molar-refractivity contribution in [2.45, 2.75) is 25.0 Å². The number of hydrogen-bond acceptors (Lipinski definition) is 5. The van der Waals surface area contributed by atoms with Crippen molar-refractivity contribution in [2.24, 2.45) is 0 Å². The molecule has 0 bridgehead atoms. The Bertz CT molecular complexity index is 788. The number of benzene rings is 1. The molecule has 0 amide bonds. The van der Waals surface area contributed by atoms with Crippen LogP contribution in [0.15, 0.2) is 42.6 Å². The van der Waals surface area contributed by atoms with E-state index in [2.05, 4.69) is 16.0 Å². The maximum Gasteiger partial charge on any atom is 0.170 e. The zero-order valence-corrected chi connectivity index (χ0v) is 14.7. The number of aromatic nitrogens is 1. The predicted molar refractivity (Wildman–Crippen MR) is 97.2 cm³/mol. The number of para-hydroxylation sites is 1. The number of Topliss-reactive ketones (excluding diaryl/α,β-unsaturated/α-hetero) is 1. The van der Waals surface area contributed by atoms with Crippen LogP contribution < -0.4 is 9.64 Å². The van der Waals surface area contributed by atoms with Gasteiger partial charge in [0.25, 0.3) is 0 Å². The highest BCUT2D eigenvalue weighted by atomic mass is 16.5. The first kappa shape index (κ1) is 16.1. The quantitative estimate of drug-likeness (QED) is 0.862. The van der Waals surface area contributed by atoms with Crippen molar-refractivity contribution < 1.29 is 9.53 Å². The molecule has 0 radical (unpaired) electrons. The summed E-state index contributed by atoms with van der Waals surface area (Å²) in [6.45, 7) is 2.55. The first-order valence-corrected chi connectivity index (χ1v) is 8.71. The number of fused-ring (bicyclic) bond motifs is 1. The van der Waals surface area contributed by atoms with Gasteiger partial charge in [-0.3, -0.25) is 9.69 Å². The second kappa shape index (κ2) is 6.15. The van der Waals surface area contributed by atoms with E-state index in [0.717, 1.165) is 43.2 Å². The van der Waals surface area contributed by atoms with Crippen LogP contribution in [-0.4, -0.2) is 48.5 Å². The van der Waals surface area contributed by atoms with E-state index < -0.39 is 0 Å². The Morgan fingerprint density at radius 3 is 2.84 bits per heavy atom. The van der Waals surface area contributed by atoms with E-state index in [1.54, 1.807) is 0 Å². The average Bonchev–Trinajstić information content (AvgIpc) is 2.97. The molecule has 2 aromatic rings. The molecule has 1 fully saturated rings. The molecule has 1 atom stereocenters. The zero-order chi connectivity index (χ0) is 17.4. The van der Waals surface area contributed by atoms with Gasteiger partial charge in [-0.2, -0.15) is 0 Å². The van der Waals surface area contributed by atoms with Gasteiger partial charge in [-0.1, -0.05) is 18.2 Å². The van der Waals surface area contributed by atoms with Gasteiger partial charge in [0.2, 0.25) is 0 Å². The molecule has 2 aliphatic rings. The van der Waals surface area contributed by atoms with E-state index in [1.165, 1.54) is 5.56 Å². The molecule has 5 nitrogen and oxygen atoms in total. The van der Waals surface area contributed by atoms with Gasteiger partial charge in [-0.15, -0.1) is 0 Å². The number of rotatable bonds is 3. The first-order valence-electron chi connectivity index (χ1n) is 8.71. The lowest BCUT2D eigenvalue weighted by Crippen LogP contribution is -2.44. The van der Waals surface area contributed by atoms with Crippen LogP contribution in [0.3, 0.4) is 0 Å². The maximum absolute atomic E-state index is 12.5. The van der Waals surface area contributed by atoms with Crippen LogP contribution in [0.1, 0.15) is 28.8 Å². The monoisotopic (exact) mass is 337 g/mol. The summed E-state index contributed by atoms with van der Waals surface area (Å²) in [6.07, 6.45) is 3.29. The summed E-state index contributed by atoms with van der Waals surface area (Å²) in [5, 5.41) is 0. The van der Waals surface area contributed by atoms with Crippen molar-refractivity contribution in [1.82, 2.24) is 9.88 Å². The van der Waals surface area contributed by atoms with Crippen molar-refractivity contribution in [2.75, 3.05) is 32.1 Å². The van der Waals surface area contributed by atoms with Crippen LogP contribution >= 0.6 is 0 Å². The molecule has 1 aromatic heterocycles. The standard InChI is InChI=1S/C20H23N3O2/c1-22(2)19-8-7-15(12-21-19)13-23-10-9-20(14-23)11-17(24)16-5-3-4-6-18(16)25-20/h3-8,12H,9-11,13-14H2,1-2H3. The number of ether oxygens (including phenoxy) is 1. The fourth-order valence-electron chi connectivity index (χ4n) is 3.77. The smallest absolute Gasteiger partial charge is 0.170 e. The lowest BCUT2D eigenvalue weighted by molar-refractivity contribution is 0.0455. The fraction of sp³-hybridized carbons (Fsp3) is 0.400. The number of hydrogen-bond donors (Lipinski definition) is 0. The zero-order valence-electron chi connectivity index (χ0n) is 14.7. The van der Waals surface area contributed by atoms with E-state index in [4.69, 9.17) is 4.74 Å². The van der Waals surface area contributed by atoms with Crippen LogP contribution in [0, 0.1) is 0 Å². The van der Waals surface area contributed by atoms with Crippen LogP contribution in [0.5, 0.6) is 5.75 Å². The Labute approximate surface area is 148 Å². The first-order chi connectivity index (χ1) is 12.0. The Morgan fingerprint density at radius 1 is 1.24 bits per heavy atom. The Morgan fingerprint density at radius 2 is 2.08 bits per heavy atom. The van der Waals surface area contributed by atoms with Crippen molar-refractivity contribution >= 4 is 11.6 Å². The van der Waals surface area contributed by atoms with E-state index in [1.807, 2.05) is 55.5 Å². The molecule has 3 heterocycles. The van der Waals surface area contributed by atoms with Gasteiger partial charge in [-0.05, 0) is 23.8 Å². The second-order valence-electron chi connectivity index (χ2n) is 7.26. The highest BCUT2D eigenvalue weighted by Gasteiger charge is 2.45. The third-order valence-electron chi connectivity index (χ3n) is 5.07. The molecule has 0 N–H and O–H groups in total. The average molecular weight is 337 g/mol. The van der Waals surface area contributed by atoms with Gasteiger partial charge in [-0.25, -0.2) is 4.98 Å². The number of ketones is 1. The van der Waals surface area contributed by atoms with Gasteiger partial charge < -0.3 is 9.64 Å². The molecule has 0 aliphatic carbocycles. The number of pyridine rings is 1. The summed E-state index contributed by atoms with van der Waals surface area (Å²) in [4.78, 5) is 21.3. The molecule has 5 heteroatoms. The second-order valence-corrected chi connectivity index (χ2v) is 7.26. The number of carbonyl (C=O) groups is 1. The van der Waals surface area contributed by atoms with Crippen LogP contribution in [0.4, 0.5) is 5.82 Å². The summed E-state index contributed by atoms with van der Waals surface area (Å²) in [5.74, 6) is 1.89. The fourth-order valence-corrected chi connectivity index (χ4v) is 3.77. The van der Waals surface area contributed by atoms with E-state index in [9.17, 15) is 4.79 Å².